The van der Waals surface area contributed by atoms with E-state index in [1.807, 2.05) is 37.3 Å². The molecule has 0 radical (unpaired) electrons. The molecule has 1 atom stereocenters. The van der Waals surface area contributed by atoms with Gasteiger partial charge in [0, 0.05) is 17.5 Å². The van der Waals surface area contributed by atoms with E-state index < -0.39 is 6.04 Å². The number of nitrogens with one attached hydrogen (secondary N) is 2. The van der Waals surface area contributed by atoms with Gasteiger partial charge in [-0.05, 0) is 48.9 Å². The van der Waals surface area contributed by atoms with Crippen molar-refractivity contribution in [2.75, 3.05) is 24.9 Å². The van der Waals surface area contributed by atoms with E-state index in [4.69, 9.17) is 26.2 Å². The number of amides is 1. The maximum atomic E-state index is 13.6. The zero-order chi connectivity index (χ0) is 25.2. The minimum Gasteiger partial charge on any atom is -0.493 e. The van der Waals surface area contributed by atoms with Gasteiger partial charge >= 0.3 is 0 Å². The zero-order valence-corrected chi connectivity index (χ0v) is 20.6. The summed E-state index contributed by atoms with van der Waals surface area (Å²) in [5, 5.41) is 11.5. The number of allylic oxidation sites excluding steroid dienone is 1. The highest BCUT2D eigenvalue weighted by atomic mass is 35.5. The summed E-state index contributed by atoms with van der Waals surface area (Å²) in [5.41, 5.74) is 3.14. The molecule has 5 rings (SSSR count). The molecule has 1 aliphatic rings. The number of methoxy groups -OCH3 is 2. The predicted octanol–water partition coefficient (Wildman–Crippen LogP) is 4.94. The minimum absolute atomic E-state index is 0.298. The van der Waals surface area contributed by atoms with Crippen molar-refractivity contribution in [2.24, 2.45) is 0 Å². The van der Waals surface area contributed by atoms with Crippen LogP contribution in [0.5, 0.6) is 11.5 Å². The number of fused-ring (bicyclic) bond motifs is 1. The van der Waals surface area contributed by atoms with E-state index in [9.17, 15) is 4.79 Å². The molecule has 36 heavy (non-hydrogen) atoms. The van der Waals surface area contributed by atoms with Crippen LogP contribution >= 0.6 is 11.6 Å². The summed E-state index contributed by atoms with van der Waals surface area (Å²) in [6, 6.07) is 15.8. The van der Waals surface area contributed by atoms with E-state index in [0.29, 0.717) is 50.8 Å². The van der Waals surface area contributed by atoms with Crippen LogP contribution in [0.4, 0.5) is 11.6 Å². The predicted molar refractivity (Wildman–Crippen MR) is 137 cm³/mol. The Labute approximate surface area is 212 Å². The second kappa shape index (κ2) is 9.71. The molecule has 9 nitrogen and oxygen atoms in total. The molecule has 0 fully saturated rings. The number of rotatable bonds is 6. The van der Waals surface area contributed by atoms with Crippen molar-refractivity contribution in [1.29, 1.82) is 0 Å². The first kappa shape index (κ1) is 23.4. The van der Waals surface area contributed by atoms with Crippen molar-refractivity contribution < 1.29 is 14.3 Å². The van der Waals surface area contributed by atoms with Crippen molar-refractivity contribution in [1.82, 2.24) is 19.7 Å². The first-order chi connectivity index (χ1) is 17.5. The number of anilines is 2. The van der Waals surface area contributed by atoms with Gasteiger partial charge in [0.25, 0.3) is 5.91 Å². The molecule has 10 heteroatoms. The Morgan fingerprint density at radius 3 is 2.61 bits per heavy atom. The third-order valence-corrected chi connectivity index (χ3v) is 6.18. The van der Waals surface area contributed by atoms with Gasteiger partial charge in [-0.3, -0.25) is 9.78 Å². The standard InChI is InChI=1S/C26H23ClN6O3/c1-15-22(25(34)30-17-7-6-12-28-14-17)23(16-10-11-20(35-2)21(13-16)36-3)33-26(29-15)31-24(32-33)18-8-4-5-9-19(18)27/h4-14,23H,1-3H3,(H,30,34)(H,29,31,32). The third kappa shape index (κ3) is 4.25. The molecule has 3 heterocycles. The van der Waals surface area contributed by atoms with Crippen LogP contribution in [0.25, 0.3) is 11.4 Å². The minimum atomic E-state index is -0.610. The molecule has 0 bridgehead atoms. The fraction of sp³-hybridized carbons (Fsp3) is 0.154. The molecule has 2 N–H and O–H groups in total. The molecule has 0 saturated carbocycles. The van der Waals surface area contributed by atoms with E-state index in [1.54, 1.807) is 55.6 Å². The number of ether oxygens (including phenoxy) is 2. The Bertz CT molecular complexity index is 1470. The van der Waals surface area contributed by atoms with Gasteiger partial charge in [0.2, 0.25) is 5.95 Å². The summed E-state index contributed by atoms with van der Waals surface area (Å²) in [6.45, 7) is 1.83. The highest BCUT2D eigenvalue weighted by Crippen LogP contribution is 2.40. The SMILES string of the molecule is COc1ccc(C2C(C(=O)Nc3cccnc3)=C(C)Nc3nc(-c4ccccc4Cl)nn32)cc1OC. The zero-order valence-electron chi connectivity index (χ0n) is 19.8. The fourth-order valence-corrected chi connectivity index (χ4v) is 4.39. The average molecular weight is 503 g/mol. The number of hydrogen-bond acceptors (Lipinski definition) is 7. The molecule has 4 aromatic rings. The molecule has 1 aliphatic heterocycles. The van der Waals surface area contributed by atoms with Crippen LogP contribution in [0.1, 0.15) is 18.5 Å². The Hall–Kier alpha value is -4.37. The number of aromatic nitrogens is 4. The Morgan fingerprint density at radius 1 is 1.08 bits per heavy atom. The van der Waals surface area contributed by atoms with E-state index >= 15 is 0 Å². The summed E-state index contributed by atoms with van der Waals surface area (Å²) in [6.07, 6.45) is 3.23. The Kier molecular flexibility index (Phi) is 6.30. The monoisotopic (exact) mass is 502 g/mol. The molecular weight excluding hydrogens is 480 g/mol. The maximum Gasteiger partial charge on any atom is 0.255 e. The van der Waals surface area contributed by atoms with Crippen LogP contribution in [0.3, 0.4) is 0 Å². The molecule has 182 valence electrons. The lowest BCUT2D eigenvalue weighted by Crippen LogP contribution is -2.31. The van der Waals surface area contributed by atoms with Crippen molar-refractivity contribution in [3.63, 3.8) is 0 Å². The van der Waals surface area contributed by atoms with Crippen molar-refractivity contribution in [3.05, 3.63) is 88.8 Å². The lowest BCUT2D eigenvalue weighted by Gasteiger charge is -2.29. The van der Waals surface area contributed by atoms with Gasteiger partial charge in [-0.2, -0.15) is 4.98 Å². The molecule has 1 unspecified atom stereocenters. The van der Waals surface area contributed by atoms with Crippen LogP contribution in [-0.4, -0.2) is 39.9 Å². The summed E-state index contributed by atoms with van der Waals surface area (Å²) in [7, 11) is 3.14. The number of hydrogen-bond donors (Lipinski definition) is 2. The summed E-state index contributed by atoms with van der Waals surface area (Å²) >= 11 is 6.43. The van der Waals surface area contributed by atoms with Gasteiger partial charge in [-0.15, -0.1) is 5.10 Å². The van der Waals surface area contributed by atoms with Crippen molar-refractivity contribution in [2.45, 2.75) is 13.0 Å². The highest BCUT2D eigenvalue weighted by Gasteiger charge is 2.35. The fourth-order valence-electron chi connectivity index (χ4n) is 4.17. The molecule has 0 aliphatic carbocycles. The number of nitrogens with zero attached hydrogens (tertiary/aromatic N) is 4. The van der Waals surface area contributed by atoms with Crippen molar-refractivity contribution in [3.8, 4) is 22.9 Å². The van der Waals surface area contributed by atoms with Gasteiger partial charge in [-0.1, -0.05) is 29.8 Å². The largest absolute Gasteiger partial charge is 0.493 e. The quantitative estimate of drug-likeness (QED) is 0.385. The number of carbonyl (C=O) groups is 1. The average Bonchev–Trinajstić information content (AvgIpc) is 3.31. The van der Waals surface area contributed by atoms with Crippen LogP contribution < -0.4 is 20.1 Å². The topological polar surface area (TPSA) is 103 Å². The Morgan fingerprint density at radius 2 is 1.89 bits per heavy atom. The summed E-state index contributed by atoms with van der Waals surface area (Å²) in [5.74, 6) is 1.74. The molecular formula is C26H23ClN6O3. The first-order valence-electron chi connectivity index (χ1n) is 11.1. The van der Waals surface area contributed by atoms with Crippen molar-refractivity contribution >= 4 is 29.1 Å². The second-order valence-electron chi connectivity index (χ2n) is 8.06. The molecule has 0 saturated heterocycles. The highest BCUT2D eigenvalue weighted by molar-refractivity contribution is 6.33. The molecule has 2 aromatic heterocycles. The van der Waals surface area contributed by atoms with Gasteiger partial charge < -0.3 is 20.1 Å². The van der Waals surface area contributed by atoms with Crippen LogP contribution in [0.2, 0.25) is 5.02 Å². The Balaban J connectivity index is 1.65. The number of halogens is 1. The van der Waals surface area contributed by atoms with Gasteiger partial charge in [-0.25, -0.2) is 4.68 Å². The molecule has 2 aromatic carbocycles. The smallest absolute Gasteiger partial charge is 0.255 e. The summed E-state index contributed by atoms with van der Waals surface area (Å²) < 4.78 is 12.6. The van der Waals surface area contributed by atoms with Crippen LogP contribution in [-0.2, 0) is 4.79 Å². The summed E-state index contributed by atoms with van der Waals surface area (Å²) in [4.78, 5) is 22.4. The number of benzene rings is 2. The third-order valence-electron chi connectivity index (χ3n) is 5.85. The number of pyridine rings is 1. The van der Waals surface area contributed by atoms with Gasteiger partial charge in [0.1, 0.15) is 6.04 Å². The van der Waals surface area contributed by atoms with Gasteiger partial charge in [0.15, 0.2) is 17.3 Å². The normalized spacial score (nSPS) is 14.6. The van der Waals surface area contributed by atoms with Crippen LogP contribution in [0, 0.1) is 0 Å². The van der Waals surface area contributed by atoms with Gasteiger partial charge in [0.05, 0.1) is 36.7 Å². The van der Waals surface area contributed by atoms with E-state index in [-0.39, 0.29) is 5.91 Å². The first-order valence-corrected chi connectivity index (χ1v) is 11.5. The molecule has 1 amide bonds. The van der Waals surface area contributed by atoms with E-state index in [2.05, 4.69) is 20.6 Å². The van der Waals surface area contributed by atoms with E-state index in [1.165, 1.54) is 0 Å². The molecule has 0 spiro atoms. The lowest BCUT2D eigenvalue weighted by atomic mass is 9.94. The second-order valence-corrected chi connectivity index (χ2v) is 8.47. The lowest BCUT2D eigenvalue weighted by molar-refractivity contribution is -0.113. The number of carbonyl (C=O) groups excluding carboxylic acids is 1. The van der Waals surface area contributed by atoms with Crippen LogP contribution in [0.15, 0.2) is 78.3 Å². The maximum absolute atomic E-state index is 13.6. The van der Waals surface area contributed by atoms with E-state index in [0.717, 1.165) is 5.56 Å².